The highest BCUT2D eigenvalue weighted by Gasteiger charge is 2.23. The predicted octanol–water partition coefficient (Wildman–Crippen LogP) is 4.27. The van der Waals surface area contributed by atoms with Crippen LogP contribution < -0.4 is 14.8 Å². The molecule has 1 N–H and O–H groups in total. The van der Waals surface area contributed by atoms with Crippen LogP contribution in [0, 0.1) is 0 Å². The maximum absolute atomic E-state index is 12.9. The number of anilines is 1. The van der Waals surface area contributed by atoms with Crippen molar-refractivity contribution in [3.05, 3.63) is 64.5 Å². The van der Waals surface area contributed by atoms with Crippen molar-refractivity contribution in [2.45, 2.75) is 6.61 Å². The zero-order valence-electron chi connectivity index (χ0n) is 16.3. The first-order valence-corrected chi connectivity index (χ1v) is 9.85. The molecule has 29 heavy (non-hydrogen) atoms. The average molecular weight is 408 g/mol. The second-order valence-electron chi connectivity index (χ2n) is 6.82. The fourth-order valence-electron chi connectivity index (χ4n) is 3.19. The zero-order valence-corrected chi connectivity index (χ0v) is 17.1. The third-order valence-electron chi connectivity index (χ3n) is 4.65. The molecule has 0 fully saturated rings. The van der Waals surface area contributed by atoms with Crippen LogP contribution in [-0.2, 0) is 6.61 Å². The summed E-state index contributed by atoms with van der Waals surface area (Å²) >= 11 is 1.43. The van der Waals surface area contributed by atoms with Gasteiger partial charge in [0.2, 0.25) is 0 Å². The monoisotopic (exact) mass is 408 g/mol. The smallest absolute Gasteiger partial charge is 0.265 e. The molecular weight excluding hydrogens is 388 g/mol. The highest BCUT2D eigenvalue weighted by atomic mass is 32.1. The second-order valence-corrected chi connectivity index (χ2v) is 7.87. The number of hydrogen-bond acceptors (Lipinski definition) is 5. The summed E-state index contributed by atoms with van der Waals surface area (Å²) in [5.74, 6) is 0.909. The van der Waals surface area contributed by atoms with Crippen LogP contribution in [0.4, 0.5) is 5.69 Å². The number of hydrogen-bond donors (Lipinski definition) is 1. The lowest BCUT2D eigenvalue weighted by atomic mass is 10.1. The van der Waals surface area contributed by atoms with Crippen LogP contribution in [0.15, 0.2) is 48.5 Å². The maximum atomic E-state index is 12.9. The van der Waals surface area contributed by atoms with Gasteiger partial charge in [-0.1, -0.05) is 12.1 Å². The minimum atomic E-state index is -0.255. The van der Waals surface area contributed by atoms with Gasteiger partial charge in [0.1, 0.15) is 18.1 Å². The van der Waals surface area contributed by atoms with Gasteiger partial charge >= 0.3 is 0 Å². The van der Waals surface area contributed by atoms with Crippen molar-refractivity contribution in [2.75, 3.05) is 26.5 Å². The van der Waals surface area contributed by atoms with Gasteiger partial charge in [0.25, 0.3) is 11.8 Å². The van der Waals surface area contributed by atoms with E-state index in [2.05, 4.69) is 5.32 Å². The number of carbonyl (C=O) groups is 2. The summed E-state index contributed by atoms with van der Waals surface area (Å²) in [7, 11) is 4.89. The minimum Gasteiger partial charge on any atom is -0.495 e. The molecule has 4 rings (SSSR count). The molecule has 7 heteroatoms. The first-order valence-electron chi connectivity index (χ1n) is 9.04. The first kappa shape index (κ1) is 19.0. The van der Waals surface area contributed by atoms with E-state index in [0.717, 1.165) is 21.8 Å². The van der Waals surface area contributed by atoms with E-state index in [9.17, 15) is 9.59 Å². The summed E-state index contributed by atoms with van der Waals surface area (Å²) in [6.45, 7) is 0.437. The normalized spacial score (nSPS) is 11.7. The lowest BCUT2D eigenvalue weighted by Gasteiger charge is -2.16. The zero-order chi connectivity index (χ0) is 20.5. The lowest BCUT2D eigenvalue weighted by Crippen LogP contribution is -2.22. The molecule has 0 bridgehead atoms. The predicted molar refractivity (Wildman–Crippen MR) is 113 cm³/mol. The van der Waals surface area contributed by atoms with Gasteiger partial charge in [-0.05, 0) is 36.4 Å². The Morgan fingerprint density at radius 2 is 1.93 bits per heavy atom. The molecular formula is C22H20N2O4S. The van der Waals surface area contributed by atoms with Gasteiger partial charge in [0, 0.05) is 35.7 Å². The Hall–Kier alpha value is -3.32. The number of methoxy groups -OCH3 is 1. The number of thiophene rings is 1. The number of benzene rings is 2. The molecule has 2 aromatic carbocycles. The summed E-state index contributed by atoms with van der Waals surface area (Å²) in [4.78, 5) is 28.3. The quantitative estimate of drug-likeness (QED) is 0.700. The Kier molecular flexibility index (Phi) is 4.98. The topological polar surface area (TPSA) is 67.9 Å². The SMILES string of the molecule is COc1ccc(C(=O)N(C)C)cc1NC(=O)c1cc2c(s1)-c1ccccc1OC2. The van der Waals surface area contributed by atoms with E-state index in [-0.39, 0.29) is 11.8 Å². The van der Waals surface area contributed by atoms with Crippen molar-refractivity contribution >= 4 is 28.8 Å². The van der Waals surface area contributed by atoms with Crippen LogP contribution in [0.1, 0.15) is 25.6 Å². The molecule has 1 aliphatic heterocycles. The van der Waals surface area contributed by atoms with Crippen molar-refractivity contribution in [3.8, 4) is 21.9 Å². The molecule has 0 radical (unpaired) electrons. The molecule has 2 amide bonds. The molecule has 1 aliphatic rings. The Bertz CT molecular complexity index is 1100. The highest BCUT2D eigenvalue weighted by Crippen LogP contribution is 2.42. The Balaban J connectivity index is 1.64. The number of amides is 2. The van der Waals surface area contributed by atoms with E-state index < -0.39 is 0 Å². The number of rotatable bonds is 4. The second kappa shape index (κ2) is 7.60. The van der Waals surface area contributed by atoms with E-state index >= 15 is 0 Å². The van der Waals surface area contributed by atoms with Gasteiger partial charge in [-0.25, -0.2) is 0 Å². The van der Waals surface area contributed by atoms with Gasteiger partial charge in [-0.2, -0.15) is 0 Å². The van der Waals surface area contributed by atoms with Crippen LogP contribution in [0.5, 0.6) is 11.5 Å². The minimum absolute atomic E-state index is 0.150. The molecule has 6 nitrogen and oxygen atoms in total. The van der Waals surface area contributed by atoms with Crippen molar-refractivity contribution < 1.29 is 19.1 Å². The van der Waals surface area contributed by atoms with Gasteiger partial charge < -0.3 is 19.7 Å². The summed E-state index contributed by atoms with van der Waals surface area (Å²) in [6.07, 6.45) is 0. The third kappa shape index (κ3) is 3.56. The van der Waals surface area contributed by atoms with E-state index in [0.29, 0.717) is 28.5 Å². The third-order valence-corrected chi connectivity index (χ3v) is 5.86. The molecule has 0 saturated heterocycles. The number of ether oxygens (including phenoxy) is 2. The molecule has 148 valence electrons. The van der Waals surface area contributed by atoms with E-state index in [1.807, 2.05) is 30.3 Å². The van der Waals surface area contributed by atoms with Gasteiger partial charge in [-0.15, -0.1) is 11.3 Å². The molecule has 0 unspecified atom stereocenters. The first-order chi connectivity index (χ1) is 14.0. The molecule has 0 saturated carbocycles. The van der Waals surface area contributed by atoms with Crippen molar-refractivity contribution in [1.82, 2.24) is 4.90 Å². The standard InChI is InChI=1S/C22H20N2O4S/c1-24(2)22(26)13-8-9-18(27-3)16(10-13)23-21(25)19-11-14-12-28-17-7-5-4-6-15(17)20(14)29-19/h4-11H,12H2,1-3H3,(H,23,25). The molecule has 0 spiro atoms. The van der Waals surface area contributed by atoms with Gasteiger partial charge in [0.15, 0.2) is 0 Å². The van der Waals surface area contributed by atoms with Crippen LogP contribution in [0.3, 0.4) is 0 Å². The Morgan fingerprint density at radius 1 is 1.14 bits per heavy atom. The number of nitrogens with zero attached hydrogens (tertiary/aromatic N) is 1. The molecule has 3 aromatic rings. The summed E-state index contributed by atoms with van der Waals surface area (Å²) in [5.41, 5.74) is 2.91. The summed E-state index contributed by atoms with van der Waals surface area (Å²) < 4.78 is 11.1. The number of fused-ring (bicyclic) bond motifs is 3. The summed E-state index contributed by atoms with van der Waals surface area (Å²) in [5, 5.41) is 2.88. The van der Waals surface area contributed by atoms with Crippen molar-refractivity contribution in [1.29, 1.82) is 0 Å². The average Bonchev–Trinajstić information content (AvgIpc) is 3.18. The van der Waals surface area contributed by atoms with Gasteiger partial charge in [0.05, 0.1) is 17.7 Å². The lowest BCUT2D eigenvalue weighted by molar-refractivity contribution is 0.0827. The maximum Gasteiger partial charge on any atom is 0.265 e. The highest BCUT2D eigenvalue weighted by molar-refractivity contribution is 7.17. The fraction of sp³-hybridized carbons (Fsp3) is 0.182. The van der Waals surface area contributed by atoms with E-state index in [4.69, 9.17) is 9.47 Å². The van der Waals surface area contributed by atoms with Crippen molar-refractivity contribution in [3.63, 3.8) is 0 Å². The molecule has 0 aliphatic carbocycles. The molecule has 2 heterocycles. The fourth-order valence-corrected chi connectivity index (χ4v) is 4.28. The van der Waals surface area contributed by atoms with Crippen LogP contribution in [0.25, 0.3) is 10.4 Å². The number of carbonyl (C=O) groups excluding carboxylic acids is 2. The number of nitrogens with one attached hydrogen (secondary N) is 1. The van der Waals surface area contributed by atoms with Crippen LogP contribution >= 0.6 is 11.3 Å². The largest absolute Gasteiger partial charge is 0.495 e. The van der Waals surface area contributed by atoms with Gasteiger partial charge in [-0.3, -0.25) is 9.59 Å². The Labute approximate surface area is 172 Å². The molecule has 1 aromatic heterocycles. The Morgan fingerprint density at radius 3 is 2.69 bits per heavy atom. The number of para-hydroxylation sites is 1. The van der Waals surface area contributed by atoms with Crippen LogP contribution in [0.2, 0.25) is 0 Å². The summed E-state index contributed by atoms with van der Waals surface area (Å²) in [6, 6.07) is 14.6. The van der Waals surface area contributed by atoms with E-state index in [1.165, 1.54) is 23.3 Å². The van der Waals surface area contributed by atoms with Crippen molar-refractivity contribution in [2.24, 2.45) is 0 Å². The van der Waals surface area contributed by atoms with Crippen LogP contribution in [-0.4, -0.2) is 37.9 Å². The van der Waals surface area contributed by atoms with E-state index in [1.54, 1.807) is 32.3 Å². The molecule has 0 atom stereocenters.